The third kappa shape index (κ3) is 5.19. The van der Waals surface area contributed by atoms with Crippen LogP contribution in [0.4, 0.5) is 0 Å². The highest BCUT2D eigenvalue weighted by Gasteiger charge is 2.55. The van der Waals surface area contributed by atoms with Crippen LogP contribution in [0.3, 0.4) is 0 Å². The third-order valence-electron chi connectivity index (χ3n) is 5.78. The number of halogens is 2. The number of aliphatic hydroxyl groups is 1. The average Bonchev–Trinajstić information content (AvgIpc) is 2.65. The largest absolute Gasteiger partial charge is 0.497 e. The lowest BCUT2D eigenvalue weighted by molar-refractivity contribution is -0.210. The molecule has 6 nitrogen and oxygen atoms in total. The van der Waals surface area contributed by atoms with Crippen molar-refractivity contribution in [3.63, 3.8) is 0 Å². The van der Waals surface area contributed by atoms with E-state index >= 15 is 0 Å². The highest BCUT2D eigenvalue weighted by Crippen LogP contribution is 2.51. The number of rotatable bonds is 7. The van der Waals surface area contributed by atoms with Gasteiger partial charge < -0.3 is 25.1 Å². The number of benzene rings is 1. The second kappa shape index (κ2) is 10.7. The van der Waals surface area contributed by atoms with Crippen LogP contribution in [0.15, 0.2) is 18.2 Å². The molecule has 1 saturated heterocycles. The fraction of sp³-hybridized carbons (Fsp3) is 0.684. The van der Waals surface area contributed by atoms with Crippen LogP contribution >= 0.6 is 24.8 Å². The molecule has 2 aliphatic rings. The minimum Gasteiger partial charge on any atom is -0.497 e. The smallest absolute Gasteiger partial charge is 0.122 e. The number of hydrogen-bond acceptors (Lipinski definition) is 6. The number of hydrogen-bond donors (Lipinski definition) is 2. The Bertz CT molecular complexity index is 561. The number of nitrogens with zero attached hydrogens (tertiary/aromatic N) is 1. The minimum atomic E-state index is -0.241. The molecular weight excluding hydrogens is 391 g/mol. The predicted octanol–water partition coefficient (Wildman–Crippen LogP) is 2.24. The van der Waals surface area contributed by atoms with E-state index in [-0.39, 0.29) is 42.4 Å². The van der Waals surface area contributed by atoms with Crippen molar-refractivity contribution >= 4 is 24.8 Å². The fourth-order valence-corrected chi connectivity index (χ4v) is 4.17. The van der Waals surface area contributed by atoms with Crippen LogP contribution in [0.5, 0.6) is 11.5 Å². The Hall–Kier alpha value is -0.760. The Morgan fingerprint density at radius 3 is 2.19 bits per heavy atom. The second-order valence-corrected chi connectivity index (χ2v) is 7.13. The van der Waals surface area contributed by atoms with Crippen molar-refractivity contribution in [3.8, 4) is 11.5 Å². The summed E-state index contributed by atoms with van der Waals surface area (Å²) in [5.74, 6) is 1.62. The van der Waals surface area contributed by atoms with Crippen LogP contribution in [0.25, 0.3) is 0 Å². The zero-order valence-electron chi connectivity index (χ0n) is 16.1. The molecule has 8 heteroatoms. The first-order valence-corrected chi connectivity index (χ1v) is 9.05. The number of piperidine rings is 1. The normalized spacial score (nSPS) is 23.7. The molecule has 0 unspecified atom stereocenters. The summed E-state index contributed by atoms with van der Waals surface area (Å²) < 4.78 is 16.6. The number of aliphatic hydroxyl groups excluding tert-OH is 1. The molecule has 1 aromatic rings. The molecule has 1 aromatic carbocycles. The van der Waals surface area contributed by atoms with Crippen LogP contribution in [0, 0.1) is 5.41 Å². The lowest BCUT2D eigenvalue weighted by Gasteiger charge is -2.56. The quantitative estimate of drug-likeness (QED) is 0.701. The Labute approximate surface area is 174 Å². The molecule has 3 rings (SSSR count). The predicted molar refractivity (Wildman–Crippen MR) is 110 cm³/mol. The van der Waals surface area contributed by atoms with Gasteiger partial charge in [0.2, 0.25) is 0 Å². The van der Waals surface area contributed by atoms with Crippen molar-refractivity contribution in [1.82, 2.24) is 4.90 Å². The van der Waals surface area contributed by atoms with Gasteiger partial charge in [-0.1, -0.05) is 0 Å². The van der Waals surface area contributed by atoms with Crippen LogP contribution in [-0.4, -0.2) is 62.7 Å². The van der Waals surface area contributed by atoms with Crippen molar-refractivity contribution in [1.29, 1.82) is 0 Å². The van der Waals surface area contributed by atoms with E-state index in [1.54, 1.807) is 14.2 Å². The maximum Gasteiger partial charge on any atom is 0.122 e. The maximum absolute atomic E-state index is 10.3. The summed E-state index contributed by atoms with van der Waals surface area (Å²) in [6.07, 6.45) is 2.58. The summed E-state index contributed by atoms with van der Waals surface area (Å²) in [6, 6.07) is 6.00. The first kappa shape index (κ1) is 24.3. The van der Waals surface area contributed by atoms with Crippen LogP contribution in [0.2, 0.25) is 0 Å². The van der Waals surface area contributed by atoms with Crippen molar-refractivity contribution in [3.05, 3.63) is 23.8 Å². The molecule has 2 atom stereocenters. The number of methoxy groups -OCH3 is 2. The second-order valence-electron chi connectivity index (χ2n) is 7.13. The van der Waals surface area contributed by atoms with E-state index in [1.165, 1.54) is 5.56 Å². The van der Waals surface area contributed by atoms with Gasteiger partial charge in [0.25, 0.3) is 0 Å². The molecule has 2 fully saturated rings. The van der Waals surface area contributed by atoms with Gasteiger partial charge in [0, 0.05) is 31.0 Å². The molecule has 0 aromatic heterocycles. The van der Waals surface area contributed by atoms with Gasteiger partial charge in [-0.3, -0.25) is 4.90 Å². The van der Waals surface area contributed by atoms with E-state index in [0.717, 1.165) is 50.4 Å². The first-order chi connectivity index (χ1) is 12.1. The standard InChI is InChI=1S/C19H30N2O4.2ClH/c1-23-15-9-14(10-16(11-15)24-2)13-21-6-3-19(4-7-21)17(22)12-18(19)25-8-5-20;;/h9-11,17-18,22H,3-8,12-13,20H2,1-2H3;2*1H/t17-,18+;;/m1../s1. The summed E-state index contributed by atoms with van der Waals surface area (Å²) in [7, 11) is 3.34. The Balaban J connectivity index is 0.00000182. The van der Waals surface area contributed by atoms with Gasteiger partial charge in [0.15, 0.2) is 0 Å². The van der Waals surface area contributed by atoms with Crippen LogP contribution in [0.1, 0.15) is 24.8 Å². The van der Waals surface area contributed by atoms with Gasteiger partial charge in [0.1, 0.15) is 11.5 Å². The Kier molecular flexibility index (Phi) is 9.62. The summed E-state index contributed by atoms with van der Waals surface area (Å²) >= 11 is 0. The van der Waals surface area contributed by atoms with E-state index in [1.807, 2.05) is 6.07 Å². The molecule has 0 radical (unpaired) electrons. The van der Waals surface area contributed by atoms with Gasteiger partial charge in [-0.05, 0) is 43.6 Å². The van der Waals surface area contributed by atoms with E-state index in [2.05, 4.69) is 17.0 Å². The molecule has 27 heavy (non-hydrogen) atoms. The van der Waals surface area contributed by atoms with Gasteiger partial charge in [-0.2, -0.15) is 0 Å². The monoisotopic (exact) mass is 422 g/mol. The van der Waals surface area contributed by atoms with Gasteiger partial charge >= 0.3 is 0 Å². The third-order valence-corrected chi connectivity index (χ3v) is 5.78. The molecule has 1 aliphatic heterocycles. The van der Waals surface area contributed by atoms with Gasteiger partial charge in [0.05, 0.1) is 33.0 Å². The van der Waals surface area contributed by atoms with E-state index < -0.39 is 0 Å². The summed E-state index contributed by atoms with van der Waals surface area (Å²) in [5.41, 5.74) is 6.65. The van der Waals surface area contributed by atoms with Crippen molar-refractivity contribution in [2.24, 2.45) is 11.1 Å². The molecule has 3 N–H and O–H groups in total. The molecule has 1 aliphatic carbocycles. The molecular formula is C19H32Cl2N2O4. The number of nitrogens with two attached hydrogens (primary N) is 1. The maximum atomic E-state index is 10.3. The van der Waals surface area contributed by atoms with E-state index in [9.17, 15) is 5.11 Å². The number of ether oxygens (including phenoxy) is 3. The molecule has 1 saturated carbocycles. The lowest BCUT2D eigenvalue weighted by atomic mass is 9.58. The first-order valence-electron chi connectivity index (χ1n) is 9.05. The Morgan fingerprint density at radius 1 is 1.11 bits per heavy atom. The molecule has 1 spiro atoms. The van der Waals surface area contributed by atoms with E-state index in [0.29, 0.717) is 13.2 Å². The summed E-state index contributed by atoms with van der Waals surface area (Å²) in [6.45, 7) is 3.88. The average molecular weight is 423 g/mol. The van der Waals surface area contributed by atoms with Gasteiger partial charge in [-0.25, -0.2) is 0 Å². The zero-order chi connectivity index (χ0) is 17.9. The van der Waals surface area contributed by atoms with Crippen LogP contribution < -0.4 is 15.2 Å². The summed E-state index contributed by atoms with van der Waals surface area (Å²) in [4.78, 5) is 2.42. The van der Waals surface area contributed by atoms with Gasteiger partial charge in [-0.15, -0.1) is 24.8 Å². The highest BCUT2D eigenvalue weighted by molar-refractivity contribution is 5.85. The van der Waals surface area contributed by atoms with Crippen LogP contribution in [-0.2, 0) is 11.3 Å². The topological polar surface area (TPSA) is 77.2 Å². The Morgan fingerprint density at radius 2 is 1.70 bits per heavy atom. The minimum absolute atomic E-state index is 0. The molecule has 1 heterocycles. The molecule has 0 bridgehead atoms. The van der Waals surface area contributed by atoms with E-state index in [4.69, 9.17) is 19.9 Å². The lowest BCUT2D eigenvalue weighted by Crippen LogP contribution is -2.62. The zero-order valence-corrected chi connectivity index (χ0v) is 17.7. The summed E-state index contributed by atoms with van der Waals surface area (Å²) in [5, 5.41) is 10.3. The molecule has 0 amide bonds. The fourth-order valence-electron chi connectivity index (χ4n) is 4.17. The van der Waals surface area contributed by atoms with Crippen molar-refractivity contribution in [2.75, 3.05) is 40.5 Å². The highest BCUT2D eigenvalue weighted by atomic mass is 35.5. The van der Waals surface area contributed by atoms with Crippen molar-refractivity contribution in [2.45, 2.75) is 38.0 Å². The van der Waals surface area contributed by atoms with Crippen molar-refractivity contribution < 1.29 is 19.3 Å². The SMILES string of the molecule is COc1cc(CN2CCC3(CC2)[C@H](O)C[C@@H]3OCCN)cc(OC)c1.Cl.Cl. The number of likely N-dealkylation sites (tertiary alicyclic amines) is 1. The molecule has 156 valence electrons.